The first-order chi connectivity index (χ1) is 8.25. The molecule has 5 heteroatoms. The van der Waals surface area contributed by atoms with Gasteiger partial charge in [-0.1, -0.05) is 0 Å². The summed E-state index contributed by atoms with van der Waals surface area (Å²) in [6.07, 6.45) is 4.49. The molecule has 0 bridgehead atoms. The van der Waals surface area contributed by atoms with Gasteiger partial charge in [0, 0.05) is 26.1 Å². The number of nitrogens with two attached hydrogens (primary N) is 1. The molecule has 2 rings (SSSR count). The molecule has 0 saturated carbocycles. The van der Waals surface area contributed by atoms with Crippen LogP contribution in [0.25, 0.3) is 0 Å². The first kappa shape index (κ1) is 11.7. The second-order valence-corrected chi connectivity index (χ2v) is 4.24. The first-order valence-corrected chi connectivity index (χ1v) is 5.99. The number of nitrogens with one attached hydrogen (secondary N) is 1. The maximum absolute atomic E-state index is 11.7. The zero-order valence-electron chi connectivity index (χ0n) is 9.85. The fourth-order valence-corrected chi connectivity index (χ4v) is 1.95. The van der Waals surface area contributed by atoms with Crippen LogP contribution in [0.15, 0.2) is 18.3 Å². The number of hydrogen-bond donors (Lipinski definition) is 2. The van der Waals surface area contributed by atoms with Gasteiger partial charge in [0.05, 0.1) is 11.9 Å². The fraction of sp³-hybridized carbons (Fsp3) is 0.500. The van der Waals surface area contributed by atoms with E-state index in [0.29, 0.717) is 18.8 Å². The number of amides is 1. The number of likely N-dealkylation sites (tertiary alicyclic amines) is 1. The lowest BCUT2D eigenvalue weighted by Gasteiger charge is -2.15. The Morgan fingerprint density at radius 1 is 1.41 bits per heavy atom. The minimum Gasteiger partial charge on any atom is -0.384 e. The van der Waals surface area contributed by atoms with E-state index in [4.69, 9.17) is 5.73 Å². The lowest BCUT2D eigenvalue weighted by Crippen LogP contribution is -2.29. The van der Waals surface area contributed by atoms with Crippen molar-refractivity contribution in [3.63, 3.8) is 0 Å². The van der Waals surface area contributed by atoms with Crippen molar-refractivity contribution in [1.29, 1.82) is 0 Å². The maximum atomic E-state index is 11.7. The summed E-state index contributed by atoms with van der Waals surface area (Å²) >= 11 is 0. The van der Waals surface area contributed by atoms with Crippen LogP contribution in [0, 0.1) is 0 Å². The number of rotatable bonds is 4. The Morgan fingerprint density at radius 3 is 2.82 bits per heavy atom. The number of anilines is 2. The molecule has 1 amide bonds. The largest absolute Gasteiger partial charge is 0.384 e. The Labute approximate surface area is 101 Å². The normalized spacial score (nSPS) is 14.9. The molecule has 1 aliphatic heterocycles. The van der Waals surface area contributed by atoms with E-state index >= 15 is 0 Å². The number of nitrogen functional groups attached to an aromatic ring is 1. The van der Waals surface area contributed by atoms with E-state index in [-0.39, 0.29) is 5.91 Å². The molecule has 17 heavy (non-hydrogen) atoms. The topological polar surface area (TPSA) is 71.2 Å². The second kappa shape index (κ2) is 5.52. The molecular formula is C12H18N4O. The molecule has 5 nitrogen and oxygen atoms in total. The molecule has 1 aliphatic rings. The van der Waals surface area contributed by atoms with Crippen LogP contribution in [0.5, 0.6) is 0 Å². The average molecular weight is 234 g/mol. The quantitative estimate of drug-likeness (QED) is 0.818. The van der Waals surface area contributed by atoms with Gasteiger partial charge in [-0.2, -0.15) is 0 Å². The van der Waals surface area contributed by atoms with Gasteiger partial charge in [-0.3, -0.25) is 4.79 Å². The molecule has 0 aliphatic carbocycles. The minimum atomic E-state index is 0.235. The predicted octanol–water partition coefficient (Wildman–Crippen LogP) is 1.09. The smallest absolute Gasteiger partial charge is 0.224 e. The molecule has 0 unspecified atom stereocenters. The van der Waals surface area contributed by atoms with Crippen LogP contribution in [-0.2, 0) is 4.79 Å². The summed E-state index contributed by atoms with van der Waals surface area (Å²) in [6.45, 7) is 2.48. The Hall–Kier alpha value is -1.78. The third-order valence-electron chi connectivity index (χ3n) is 2.91. The number of carbonyl (C=O) groups excluding carboxylic acids is 1. The highest BCUT2D eigenvalue weighted by Crippen LogP contribution is 2.10. The van der Waals surface area contributed by atoms with Crippen LogP contribution in [0.4, 0.5) is 11.5 Å². The van der Waals surface area contributed by atoms with E-state index in [0.717, 1.165) is 31.6 Å². The highest BCUT2D eigenvalue weighted by atomic mass is 16.2. The molecule has 0 atom stereocenters. The summed E-state index contributed by atoms with van der Waals surface area (Å²) < 4.78 is 0. The van der Waals surface area contributed by atoms with Crippen molar-refractivity contribution in [1.82, 2.24) is 9.88 Å². The third kappa shape index (κ3) is 3.34. The monoisotopic (exact) mass is 234 g/mol. The van der Waals surface area contributed by atoms with Gasteiger partial charge in [0.25, 0.3) is 0 Å². The van der Waals surface area contributed by atoms with Crippen LogP contribution in [0.2, 0.25) is 0 Å². The highest BCUT2D eigenvalue weighted by molar-refractivity contribution is 5.77. The lowest BCUT2D eigenvalue weighted by molar-refractivity contribution is -0.129. The minimum absolute atomic E-state index is 0.235. The second-order valence-electron chi connectivity index (χ2n) is 4.24. The molecule has 1 fully saturated rings. The van der Waals surface area contributed by atoms with Crippen LogP contribution in [0.3, 0.4) is 0 Å². The van der Waals surface area contributed by atoms with Gasteiger partial charge in [-0.15, -0.1) is 0 Å². The van der Waals surface area contributed by atoms with Gasteiger partial charge in [0.1, 0.15) is 5.82 Å². The van der Waals surface area contributed by atoms with Crippen LogP contribution < -0.4 is 11.1 Å². The van der Waals surface area contributed by atoms with E-state index in [1.807, 2.05) is 11.0 Å². The van der Waals surface area contributed by atoms with Crippen molar-refractivity contribution < 1.29 is 4.79 Å². The van der Waals surface area contributed by atoms with E-state index in [9.17, 15) is 4.79 Å². The zero-order chi connectivity index (χ0) is 12.1. The van der Waals surface area contributed by atoms with E-state index in [1.54, 1.807) is 12.3 Å². The predicted molar refractivity (Wildman–Crippen MR) is 67.6 cm³/mol. The fourth-order valence-electron chi connectivity index (χ4n) is 1.95. The lowest BCUT2D eigenvalue weighted by atomic mass is 10.3. The summed E-state index contributed by atoms with van der Waals surface area (Å²) in [6, 6.07) is 3.60. The zero-order valence-corrected chi connectivity index (χ0v) is 9.85. The first-order valence-electron chi connectivity index (χ1n) is 5.99. The van der Waals surface area contributed by atoms with Crippen LogP contribution >= 0.6 is 0 Å². The maximum Gasteiger partial charge on any atom is 0.224 e. The molecule has 0 aromatic carbocycles. The number of carbonyl (C=O) groups is 1. The Morgan fingerprint density at radius 2 is 2.18 bits per heavy atom. The highest BCUT2D eigenvalue weighted by Gasteiger charge is 2.16. The van der Waals surface area contributed by atoms with Crippen molar-refractivity contribution in [2.24, 2.45) is 0 Å². The summed E-state index contributed by atoms with van der Waals surface area (Å²) in [5.41, 5.74) is 6.38. The van der Waals surface area contributed by atoms with Crippen LogP contribution in [-0.4, -0.2) is 35.4 Å². The molecular weight excluding hydrogens is 216 g/mol. The molecule has 0 spiro atoms. The number of hydrogen-bond acceptors (Lipinski definition) is 4. The van der Waals surface area contributed by atoms with Crippen molar-refractivity contribution >= 4 is 17.4 Å². The molecule has 2 heterocycles. The van der Waals surface area contributed by atoms with E-state index < -0.39 is 0 Å². The van der Waals surface area contributed by atoms with Crippen molar-refractivity contribution in [2.45, 2.75) is 19.3 Å². The van der Waals surface area contributed by atoms with Gasteiger partial charge in [0.15, 0.2) is 0 Å². The van der Waals surface area contributed by atoms with Gasteiger partial charge >= 0.3 is 0 Å². The number of nitrogens with zero attached hydrogens (tertiary/aromatic N) is 2. The van der Waals surface area contributed by atoms with Gasteiger partial charge in [0.2, 0.25) is 5.91 Å². The molecule has 3 N–H and O–H groups in total. The SMILES string of the molecule is Nc1ccc(NCCC(=O)N2CCCC2)cn1. The summed E-state index contributed by atoms with van der Waals surface area (Å²) in [5, 5.41) is 3.16. The molecule has 1 aromatic rings. The summed E-state index contributed by atoms with van der Waals surface area (Å²) in [7, 11) is 0. The molecule has 1 saturated heterocycles. The Balaban J connectivity index is 1.72. The molecule has 1 aromatic heterocycles. The van der Waals surface area contributed by atoms with Gasteiger partial charge < -0.3 is 16.0 Å². The number of aromatic nitrogens is 1. The van der Waals surface area contributed by atoms with Crippen LogP contribution in [0.1, 0.15) is 19.3 Å². The summed E-state index contributed by atoms with van der Waals surface area (Å²) in [4.78, 5) is 17.6. The molecule has 0 radical (unpaired) electrons. The van der Waals surface area contributed by atoms with E-state index in [2.05, 4.69) is 10.3 Å². The van der Waals surface area contributed by atoms with Crippen molar-refractivity contribution in [3.05, 3.63) is 18.3 Å². The number of pyridine rings is 1. The third-order valence-corrected chi connectivity index (χ3v) is 2.91. The van der Waals surface area contributed by atoms with Gasteiger partial charge in [-0.05, 0) is 25.0 Å². The van der Waals surface area contributed by atoms with Crippen molar-refractivity contribution in [3.8, 4) is 0 Å². The standard InChI is InChI=1S/C12H18N4O/c13-11-4-3-10(9-15-11)14-6-5-12(17)16-7-1-2-8-16/h3-4,9,14H,1-2,5-8H2,(H2,13,15). The summed E-state index contributed by atoms with van der Waals surface area (Å²) in [5.74, 6) is 0.738. The average Bonchev–Trinajstić information content (AvgIpc) is 2.85. The molecule has 92 valence electrons. The van der Waals surface area contributed by atoms with E-state index in [1.165, 1.54) is 0 Å². The Bertz CT molecular complexity index is 371. The Kier molecular flexibility index (Phi) is 3.80. The van der Waals surface area contributed by atoms with Gasteiger partial charge in [-0.25, -0.2) is 4.98 Å². The van der Waals surface area contributed by atoms with Crippen molar-refractivity contribution in [2.75, 3.05) is 30.7 Å².